The lowest BCUT2D eigenvalue weighted by Gasteiger charge is -2.14. The molecule has 0 saturated heterocycles. The maximum atomic E-state index is 12.1. The smallest absolute Gasteiger partial charge is 0.287 e. The summed E-state index contributed by atoms with van der Waals surface area (Å²) in [5.41, 5.74) is 0.757. The van der Waals surface area contributed by atoms with Crippen molar-refractivity contribution in [2.75, 3.05) is 7.05 Å². The van der Waals surface area contributed by atoms with E-state index in [1.165, 1.54) is 19.2 Å². The molecule has 0 aliphatic heterocycles. The van der Waals surface area contributed by atoms with Gasteiger partial charge in [0.1, 0.15) is 0 Å². The first kappa shape index (κ1) is 16.5. The van der Waals surface area contributed by atoms with E-state index in [-0.39, 0.29) is 16.9 Å². The van der Waals surface area contributed by atoms with Crippen LogP contribution in [0.3, 0.4) is 0 Å². The van der Waals surface area contributed by atoms with Gasteiger partial charge in [-0.1, -0.05) is 29.8 Å². The zero-order valence-corrected chi connectivity index (χ0v) is 13.5. The summed E-state index contributed by atoms with van der Waals surface area (Å²) in [6.07, 6.45) is 0. The topological polar surface area (TPSA) is 88.4 Å². The van der Waals surface area contributed by atoms with E-state index in [1.807, 2.05) is 6.07 Å². The quantitative estimate of drug-likeness (QED) is 0.872. The summed E-state index contributed by atoms with van der Waals surface area (Å²) in [7, 11) is -2.46. The van der Waals surface area contributed by atoms with Crippen molar-refractivity contribution in [3.63, 3.8) is 0 Å². The maximum absolute atomic E-state index is 12.1. The molecule has 118 valence electrons. The van der Waals surface area contributed by atoms with Gasteiger partial charge in [0.25, 0.3) is 15.9 Å². The predicted octanol–water partition coefficient (Wildman–Crippen LogP) is 2.33. The van der Waals surface area contributed by atoms with E-state index in [2.05, 4.69) is 10.0 Å². The van der Waals surface area contributed by atoms with Gasteiger partial charge in [-0.3, -0.25) is 4.79 Å². The van der Waals surface area contributed by atoms with Crippen molar-refractivity contribution >= 4 is 27.5 Å². The number of carbonyl (C=O) groups excluding carboxylic acids is 1. The summed E-state index contributed by atoms with van der Waals surface area (Å²) in [6.45, 7) is 1.77. The Balaban J connectivity index is 2.15. The largest absolute Gasteiger partial charge is 0.438 e. The van der Waals surface area contributed by atoms with Gasteiger partial charge in [-0.25, -0.2) is 13.1 Å². The Morgan fingerprint density at radius 3 is 2.55 bits per heavy atom. The normalized spacial score (nSPS) is 12.9. The number of hydrogen-bond acceptors (Lipinski definition) is 4. The van der Waals surface area contributed by atoms with Crippen molar-refractivity contribution in [2.45, 2.75) is 18.1 Å². The zero-order chi connectivity index (χ0) is 16.3. The molecule has 0 spiro atoms. The number of sulfonamides is 1. The first-order chi connectivity index (χ1) is 10.3. The highest BCUT2D eigenvalue weighted by molar-refractivity contribution is 7.89. The number of hydrogen-bond donors (Lipinski definition) is 2. The van der Waals surface area contributed by atoms with Crippen molar-refractivity contribution in [3.05, 3.63) is 52.7 Å². The van der Waals surface area contributed by atoms with Crippen LogP contribution >= 0.6 is 11.6 Å². The number of halogens is 1. The Morgan fingerprint density at radius 2 is 1.91 bits per heavy atom. The molecular formula is C14H15ClN2O4S. The Bertz CT molecular complexity index is 786. The van der Waals surface area contributed by atoms with Gasteiger partial charge in [-0.05, 0) is 37.7 Å². The summed E-state index contributed by atoms with van der Waals surface area (Å²) < 4.78 is 30.3. The third kappa shape index (κ3) is 3.49. The molecule has 8 heteroatoms. The molecular weight excluding hydrogens is 328 g/mol. The first-order valence-electron chi connectivity index (χ1n) is 6.44. The van der Waals surface area contributed by atoms with E-state index in [4.69, 9.17) is 16.0 Å². The van der Waals surface area contributed by atoms with E-state index >= 15 is 0 Å². The molecule has 1 atom stereocenters. The highest BCUT2D eigenvalue weighted by atomic mass is 35.5. The Labute approximate surface area is 133 Å². The summed E-state index contributed by atoms with van der Waals surface area (Å²) in [6, 6.07) is 9.31. The van der Waals surface area contributed by atoms with E-state index in [1.54, 1.807) is 25.1 Å². The lowest BCUT2D eigenvalue weighted by molar-refractivity contribution is 0.0906. The second-order valence-electron chi connectivity index (χ2n) is 4.54. The fraction of sp³-hybridized carbons (Fsp3) is 0.214. The molecule has 1 amide bonds. The summed E-state index contributed by atoms with van der Waals surface area (Å²) in [4.78, 5) is 12.1. The van der Waals surface area contributed by atoms with Crippen LogP contribution in [0.25, 0.3) is 0 Å². The number of rotatable bonds is 5. The molecule has 6 nitrogen and oxygen atoms in total. The zero-order valence-electron chi connectivity index (χ0n) is 12.0. The van der Waals surface area contributed by atoms with Crippen LogP contribution in [0.15, 0.2) is 45.9 Å². The number of amides is 1. The highest BCUT2D eigenvalue weighted by Gasteiger charge is 2.21. The second-order valence-corrected chi connectivity index (χ2v) is 6.77. The van der Waals surface area contributed by atoms with E-state index in [0.717, 1.165) is 5.56 Å². The number of nitrogens with one attached hydrogen (secondary N) is 2. The van der Waals surface area contributed by atoms with Gasteiger partial charge in [0, 0.05) is 5.02 Å². The Morgan fingerprint density at radius 1 is 1.23 bits per heavy atom. The molecule has 22 heavy (non-hydrogen) atoms. The van der Waals surface area contributed by atoms with E-state index in [0.29, 0.717) is 5.02 Å². The molecule has 0 bridgehead atoms. The lowest BCUT2D eigenvalue weighted by Crippen LogP contribution is -2.26. The van der Waals surface area contributed by atoms with Gasteiger partial charge in [0.05, 0.1) is 6.04 Å². The molecule has 1 aromatic heterocycles. The minimum atomic E-state index is -3.72. The molecule has 1 heterocycles. The lowest BCUT2D eigenvalue weighted by atomic mass is 10.1. The van der Waals surface area contributed by atoms with Crippen molar-refractivity contribution in [2.24, 2.45) is 0 Å². The summed E-state index contributed by atoms with van der Waals surface area (Å²) >= 11 is 6.07. The highest BCUT2D eigenvalue weighted by Crippen LogP contribution is 2.23. The molecule has 2 aromatic rings. The molecule has 0 radical (unpaired) electrons. The molecule has 2 rings (SSSR count). The van der Waals surface area contributed by atoms with Gasteiger partial charge in [0.15, 0.2) is 5.76 Å². The van der Waals surface area contributed by atoms with Gasteiger partial charge < -0.3 is 9.73 Å². The molecule has 0 aliphatic carbocycles. The monoisotopic (exact) mass is 342 g/mol. The molecule has 0 unspecified atom stereocenters. The van der Waals surface area contributed by atoms with Gasteiger partial charge >= 0.3 is 0 Å². The van der Waals surface area contributed by atoms with E-state index < -0.39 is 15.9 Å². The molecule has 0 saturated carbocycles. The number of benzene rings is 1. The third-order valence-electron chi connectivity index (χ3n) is 3.06. The van der Waals surface area contributed by atoms with E-state index in [9.17, 15) is 13.2 Å². The van der Waals surface area contributed by atoms with Crippen LogP contribution in [0, 0.1) is 0 Å². The van der Waals surface area contributed by atoms with Crippen molar-refractivity contribution < 1.29 is 17.6 Å². The number of furan rings is 1. The van der Waals surface area contributed by atoms with Gasteiger partial charge in [0.2, 0.25) is 5.09 Å². The Kier molecular flexibility index (Phi) is 4.90. The van der Waals surface area contributed by atoms with Crippen LogP contribution in [-0.2, 0) is 10.0 Å². The molecule has 1 aromatic carbocycles. The average molecular weight is 343 g/mol. The summed E-state index contributed by atoms with van der Waals surface area (Å²) in [5.74, 6) is -0.613. The Hall–Kier alpha value is -1.83. The second kappa shape index (κ2) is 6.51. The minimum Gasteiger partial charge on any atom is -0.438 e. The van der Waals surface area contributed by atoms with Crippen LogP contribution < -0.4 is 10.0 Å². The van der Waals surface area contributed by atoms with Crippen molar-refractivity contribution in [3.8, 4) is 0 Å². The van der Waals surface area contributed by atoms with Gasteiger partial charge in [-0.2, -0.15) is 0 Å². The third-order valence-corrected chi connectivity index (χ3v) is 4.69. The summed E-state index contributed by atoms with van der Waals surface area (Å²) in [5, 5.41) is 2.92. The SMILES string of the molecule is CNS(=O)(=O)c1ccc(C(=O)N[C@@H](C)c2ccccc2Cl)o1. The van der Waals surface area contributed by atoms with Crippen LogP contribution in [-0.4, -0.2) is 21.4 Å². The van der Waals surface area contributed by atoms with Gasteiger partial charge in [-0.15, -0.1) is 0 Å². The first-order valence-corrected chi connectivity index (χ1v) is 8.30. The fourth-order valence-corrected chi connectivity index (χ4v) is 2.81. The van der Waals surface area contributed by atoms with Crippen molar-refractivity contribution in [1.29, 1.82) is 0 Å². The van der Waals surface area contributed by atoms with Crippen LogP contribution in [0.2, 0.25) is 5.02 Å². The minimum absolute atomic E-state index is 0.0901. The molecule has 0 aliphatic rings. The number of carbonyl (C=O) groups is 1. The molecule has 0 fully saturated rings. The fourth-order valence-electron chi connectivity index (χ4n) is 1.86. The maximum Gasteiger partial charge on any atom is 0.287 e. The van der Waals surface area contributed by atoms with Crippen molar-refractivity contribution in [1.82, 2.24) is 10.0 Å². The van der Waals surface area contributed by atoms with Crippen LogP contribution in [0.1, 0.15) is 29.1 Å². The van der Waals surface area contributed by atoms with Crippen LogP contribution in [0.5, 0.6) is 0 Å². The van der Waals surface area contributed by atoms with Crippen LogP contribution in [0.4, 0.5) is 0 Å². The average Bonchev–Trinajstić information content (AvgIpc) is 2.98. The predicted molar refractivity (Wildman–Crippen MR) is 82.3 cm³/mol. The molecule has 2 N–H and O–H groups in total. The standard InChI is InChI=1S/C14H15ClN2O4S/c1-9(10-5-3-4-6-11(10)15)17-14(18)12-7-8-13(21-12)22(19,20)16-2/h3-9,16H,1-2H3,(H,17,18)/t9-/m0/s1.